The molecule has 31 heteroatoms. The van der Waals surface area contributed by atoms with Gasteiger partial charge in [-0.1, -0.05) is 25.6 Å². The van der Waals surface area contributed by atoms with E-state index in [0.717, 1.165) is 29.0 Å². The van der Waals surface area contributed by atoms with Crippen LogP contribution in [0.15, 0.2) is 12.7 Å². The summed E-state index contributed by atoms with van der Waals surface area (Å²) in [5.74, 6) is -1.15. The molecule has 0 spiro atoms. The number of aromatic nitrogens is 4. The van der Waals surface area contributed by atoms with Crippen molar-refractivity contribution >= 4 is 69.1 Å². The predicted molar refractivity (Wildman–Crippen MR) is 166 cm³/mol. The van der Waals surface area contributed by atoms with Gasteiger partial charge >= 0.3 is 96.5 Å². The number of aliphatic hydroxyl groups is 2. The molecule has 2 amide bonds. The second kappa shape index (κ2) is 23.4. The van der Waals surface area contributed by atoms with Crippen molar-refractivity contribution in [1.29, 1.82) is 0 Å². The zero-order valence-electron chi connectivity index (χ0n) is 30.0. The number of phosphoric acid groups is 3. The fourth-order valence-electron chi connectivity index (χ4n) is 4.31. The van der Waals surface area contributed by atoms with Gasteiger partial charge < -0.3 is 64.5 Å². The summed E-state index contributed by atoms with van der Waals surface area (Å²) >= 11 is 1.02. The molecule has 0 radical (unpaired) electrons. The van der Waals surface area contributed by atoms with Gasteiger partial charge in [-0.25, -0.2) is 23.8 Å². The number of nitrogens with two attached hydrogens (primary N) is 1. The molecule has 0 aromatic carbocycles. The van der Waals surface area contributed by atoms with Crippen molar-refractivity contribution in [3.05, 3.63) is 12.7 Å². The summed E-state index contributed by atoms with van der Waals surface area (Å²) in [7, 11) is -17.2. The van der Waals surface area contributed by atoms with Gasteiger partial charge in [0.15, 0.2) is 22.8 Å². The third kappa shape index (κ3) is 17.0. The smallest absolute Gasteiger partial charge is 0.790 e. The standard InChI is InChI=1S/C23H38N7O17P3S.3Na/c1-12(31)51-7-6-25-14(32)4-5-26-21(35)18(34)23(2,3)9-44-50(41,42)47-49(39,40)43-8-13-17(46-48(36,37)38)16(33)22(45-13)30-11-29-15-19(24)27-10-28-20(15)30;;;/h10-11,13,16-18,22,33-34H,4-9H2,1-3H3,(H,25,32)(H,26,35)(H,39,40)(H,41,42)(H2,24,27,28)(H2,36,37,38);;;/q;3*+1/p-3/t13-,16+,17?,18+,22-;;;/m1.../s1. The summed E-state index contributed by atoms with van der Waals surface area (Å²) in [4.78, 5) is 92.1. The van der Waals surface area contributed by atoms with Crippen molar-refractivity contribution < 1.29 is 169 Å². The van der Waals surface area contributed by atoms with E-state index in [4.69, 9.17) is 10.5 Å². The van der Waals surface area contributed by atoms with Gasteiger partial charge in [0.1, 0.15) is 36.3 Å². The number of carbonyl (C=O) groups excluding carboxylic acids is 3. The Morgan fingerprint density at radius 3 is 2.35 bits per heavy atom. The molecule has 1 aliphatic rings. The van der Waals surface area contributed by atoms with Crippen molar-refractivity contribution in [3.8, 4) is 0 Å². The number of nitrogens with one attached hydrogen (secondary N) is 2. The molecule has 2 aromatic rings. The number of hydrogen-bond acceptors (Lipinski definition) is 21. The van der Waals surface area contributed by atoms with E-state index >= 15 is 0 Å². The van der Waals surface area contributed by atoms with E-state index in [0.29, 0.717) is 5.75 Å². The molecule has 54 heavy (non-hydrogen) atoms. The third-order valence-corrected chi connectivity index (χ3v) is 10.7. The molecular formula is C23H35N7Na3O17P3S. The van der Waals surface area contributed by atoms with E-state index < -0.39 is 84.6 Å². The number of nitrogen functional groups attached to an aromatic ring is 1. The van der Waals surface area contributed by atoms with Gasteiger partial charge in [0, 0.05) is 37.6 Å². The first kappa shape index (κ1) is 54.6. The van der Waals surface area contributed by atoms with Crippen LogP contribution in [0, 0.1) is 5.41 Å². The summed E-state index contributed by atoms with van der Waals surface area (Å²) in [5.41, 5.74) is 4.13. The Kier molecular flexibility index (Phi) is 23.6. The number of hydrogen-bond donors (Lipinski definition) is 6. The molecule has 3 heterocycles. The monoisotopic (exact) mass is 875 g/mol. The second-order valence-corrected chi connectivity index (χ2v) is 16.7. The van der Waals surface area contributed by atoms with E-state index in [1.165, 1.54) is 20.8 Å². The van der Waals surface area contributed by atoms with Crippen molar-refractivity contribution in [1.82, 2.24) is 30.2 Å². The molecule has 1 fully saturated rings. The average Bonchev–Trinajstić information content (AvgIpc) is 3.57. The average molecular weight is 876 g/mol. The SMILES string of the molecule is CC(=O)SCCNC(=O)CCNC(=O)[C@H](O)C(C)(C)COP(=O)(O)OP(=O)([O-])OC[C@H]1O[C@@H](n2cnc3c(N)ncnc32)[C@@H](O)C1OP(=O)([O-])[O-].[Na+].[Na+].[Na+]. The number of rotatable bonds is 19. The minimum atomic E-state index is -5.84. The maximum atomic E-state index is 12.5. The predicted octanol–water partition coefficient (Wildman–Crippen LogP) is -12.2. The van der Waals surface area contributed by atoms with Crippen LogP contribution >= 0.6 is 35.2 Å². The molecule has 0 bridgehead atoms. The van der Waals surface area contributed by atoms with Crippen LogP contribution in [0.2, 0.25) is 0 Å². The second-order valence-electron chi connectivity index (χ2n) is 11.3. The quantitative estimate of drug-likeness (QED) is 0.0433. The number of phosphoric ester groups is 3. The molecule has 1 aliphatic heterocycles. The number of anilines is 1. The topological polar surface area (TPSA) is 372 Å². The summed E-state index contributed by atoms with van der Waals surface area (Å²) < 4.78 is 60.7. The zero-order chi connectivity index (χ0) is 38.4. The van der Waals surface area contributed by atoms with Crippen molar-refractivity contribution in [2.24, 2.45) is 5.41 Å². The molecular weight excluding hydrogens is 840 g/mol. The Labute approximate surface area is 378 Å². The maximum absolute atomic E-state index is 12.5. The minimum absolute atomic E-state index is 0. The first-order chi connectivity index (χ1) is 23.5. The van der Waals surface area contributed by atoms with Crippen LogP contribution in [0.5, 0.6) is 0 Å². The number of amides is 2. The van der Waals surface area contributed by atoms with Crippen LogP contribution in [-0.2, 0) is 50.7 Å². The van der Waals surface area contributed by atoms with Crippen LogP contribution in [0.1, 0.15) is 33.4 Å². The van der Waals surface area contributed by atoms with Crippen LogP contribution < -0.4 is 120 Å². The molecule has 0 aliphatic carbocycles. The molecule has 3 unspecified atom stereocenters. The number of ether oxygens (including phenoxy) is 1. The molecule has 0 saturated carbocycles. The van der Waals surface area contributed by atoms with Crippen molar-refractivity contribution in [2.75, 3.05) is 37.8 Å². The Morgan fingerprint density at radius 1 is 1.09 bits per heavy atom. The molecule has 288 valence electrons. The van der Waals surface area contributed by atoms with Gasteiger partial charge in [-0.05, 0) is 0 Å². The minimum Gasteiger partial charge on any atom is -0.790 e. The summed E-state index contributed by atoms with van der Waals surface area (Å²) in [6.45, 7) is 1.66. The number of fused-ring (bicyclic) bond motifs is 1. The number of carbonyl (C=O) groups is 3. The fourth-order valence-corrected chi connectivity index (χ4v) is 7.57. The maximum Gasteiger partial charge on any atom is 1.00 e. The molecule has 7 atom stereocenters. The number of imidazole rings is 1. The van der Waals surface area contributed by atoms with Gasteiger partial charge in [0.2, 0.25) is 11.8 Å². The number of thioether (sulfide) groups is 1. The van der Waals surface area contributed by atoms with E-state index in [1.54, 1.807) is 0 Å². The Balaban J connectivity index is 0.00000936. The van der Waals surface area contributed by atoms with Crippen LogP contribution in [0.25, 0.3) is 11.2 Å². The molecule has 1 saturated heterocycles. The summed E-state index contributed by atoms with van der Waals surface area (Å²) in [6.07, 6.45) is -7.44. The van der Waals surface area contributed by atoms with Crippen LogP contribution in [0.3, 0.4) is 0 Å². The summed E-state index contributed by atoms with van der Waals surface area (Å²) in [6, 6.07) is 0. The largest absolute Gasteiger partial charge is 1.00 e. The van der Waals surface area contributed by atoms with Gasteiger partial charge in [0.25, 0.3) is 7.82 Å². The van der Waals surface area contributed by atoms with Gasteiger partial charge in [-0.3, -0.25) is 28.0 Å². The van der Waals surface area contributed by atoms with E-state index in [2.05, 4.69) is 43.5 Å². The Morgan fingerprint density at radius 2 is 1.74 bits per heavy atom. The zero-order valence-corrected chi connectivity index (χ0v) is 39.5. The number of aliphatic hydroxyl groups excluding tert-OH is 2. The molecule has 24 nitrogen and oxygen atoms in total. The van der Waals surface area contributed by atoms with Gasteiger partial charge in [-0.2, -0.15) is 0 Å². The summed E-state index contributed by atoms with van der Waals surface area (Å²) in [5, 5.41) is 25.9. The fraction of sp³-hybridized carbons (Fsp3) is 0.652. The third-order valence-electron chi connectivity index (χ3n) is 6.79. The first-order valence-electron chi connectivity index (χ1n) is 14.5. The van der Waals surface area contributed by atoms with Gasteiger partial charge in [0.05, 0.1) is 27.4 Å². The van der Waals surface area contributed by atoms with Crippen LogP contribution in [0.4, 0.5) is 5.82 Å². The van der Waals surface area contributed by atoms with Crippen LogP contribution in [-0.4, -0.2) is 108 Å². The Bertz CT molecular complexity index is 1730. The molecule has 3 rings (SSSR count). The van der Waals surface area contributed by atoms with Crippen molar-refractivity contribution in [2.45, 2.75) is 57.8 Å². The molecule has 2 aromatic heterocycles. The Hall–Kier alpha value is 0.560. The van der Waals surface area contributed by atoms with E-state index in [-0.39, 0.29) is 130 Å². The van der Waals surface area contributed by atoms with Crippen molar-refractivity contribution in [3.63, 3.8) is 0 Å². The van der Waals surface area contributed by atoms with E-state index in [9.17, 15) is 57.9 Å². The molecule has 7 N–H and O–H groups in total. The first-order valence-corrected chi connectivity index (χ1v) is 19.9. The number of nitrogens with zero attached hydrogens (tertiary/aromatic N) is 4. The van der Waals surface area contributed by atoms with Gasteiger partial charge in [-0.15, -0.1) is 0 Å². The van der Waals surface area contributed by atoms with E-state index in [1.807, 2.05) is 0 Å². The normalized spacial score (nSPS) is 21.4.